The Labute approximate surface area is 339 Å². The lowest BCUT2D eigenvalue weighted by molar-refractivity contribution is 0.660. The van der Waals surface area contributed by atoms with Crippen LogP contribution >= 0.6 is 0 Å². The molecule has 0 bridgehead atoms. The van der Waals surface area contributed by atoms with Crippen molar-refractivity contribution in [2.24, 2.45) is 0 Å². The lowest BCUT2D eigenvalue weighted by atomic mass is 9.82. The van der Waals surface area contributed by atoms with E-state index in [4.69, 9.17) is 15.0 Å². The van der Waals surface area contributed by atoms with Gasteiger partial charge in [0, 0.05) is 39.2 Å². The Kier molecular flexibility index (Phi) is 8.80. The van der Waals surface area contributed by atoms with Crippen LogP contribution in [0.1, 0.15) is 25.0 Å². The summed E-state index contributed by atoms with van der Waals surface area (Å²) in [5, 5.41) is 0. The lowest BCUT2D eigenvalue weighted by Gasteiger charge is -2.28. The minimum Gasteiger partial charge on any atom is -0.310 e. The minimum atomic E-state index is -0.103. The van der Waals surface area contributed by atoms with Crippen LogP contribution in [0.5, 0.6) is 0 Å². The molecule has 1 aliphatic rings. The third-order valence-corrected chi connectivity index (χ3v) is 11.4. The molecule has 0 N–H and O–H groups in total. The Hall–Kier alpha value is -7.43. The molecule has 0 unspecified atom stereocenters. The third kappa shape index (κ3) is 6.45. The molecule has 0 aliphatic heterocycles. The summed E-state index contributed by atoms with van der Waals surface area (Å²) >= 11 is 0. The summed E-state index contributed by atoms with van der Waals surface area (Å²) in [7, 11) is 0. The molecule has 4 nitrogen and oxygen atoms in total. The molecule has 8 aromatic carbocycles. The van der Waals surface area contributed by atoms with Crippen LogP contribution in [0.4, 0.5) is 17.1 Å². The van der Waals surface area contributed by atoms with Crippen molar-refractivity contribution in [1.29, 1.82) is 0 Å². The van der Waals surface area contributed by atoms with Gasteiger partial charge in [-0.15, -0.1) is 0 Å². The van der Waals surface area contributed by atoms with E-state index in [1.807, 2.05) is 60.7 Å². The van der Waals surface area contributed by atoms with E-state index in [9.17, 15) is 0 Å². The van der Waals surface area contributed by atoms with E-state index in [-0.39, 0.29) is 5.41 Å². The van der Waals surface area contributed by atoms with Crippen LogP contribution in [-0.4, -0.2) is 15.0 Å². The second-order valence-corrected chi connectivity index (χ2v) is 15.3. The Morgan fingerprint density at radius 2 is 0.655 bits per heavy atom. The molecule has 1 heterocycles. The van der Waals surface area contributed by atoms with Gasteiger partial charge in [0.25, 0.3) is 0 Å². The second-order valence-electron chi connectivity index (χ2n) is 15.3. The van der Waals surface area contributed by atoms with Crippen LogP contribution in [0.3, 0.4) is 0 Å². The normalized spacial score (nSPS) is 12.4. The van der Waals surface area contributed by atoms with Crippen LogP contribution in [0.15, 0.2) is 206 Å². The summed E-state index contributed by atoms with van der Waals surface area (Å²) < 4.78 is 0. The van der Waals surface area contributed by atoms with E-state index in [0.29, 0.717) is 17.5 Å². The number of hydrogen-bond donors (Lipinski definition) is 0. The first-order chi connectivity index (χ1) is 28.5. The fourth-order valence-corrected chi connectivity index (χ4v) is 8.26. The first-order valence-electron chi connectivity index (χ1n) is 19.8. The van der Waals surface area contributed by atoms with Gasteiger partial charge in [-0.1, -0.05) is 184 Å². The maximum Gasteiger partial charge on any atom is 0.164 e. The van der Waals surface area contributed by atoms with E-state index >= 15 is 0 Å². The highest BCUT2D eigenvalue weighted by atomic mass is 15.1. The van der Waals surface area contributed by atoms with E-state index in [2.05, 4.69) is 164 Å². The number of aromatic nitrogens is 3. The largest absolute Gasteiger partial charge is 0.310 e. The van der Waals surface area contributed by atoms with Crippen molar-refractivity contribution in [1.82, 2.24) is 15.0 Å². The molecule has 0 fully saturated rings. The standard InChI is InChI=1S/C54H40N4/c1-54(2)49-21-13-12-20-47(49)48-35-34-46(36-50(48)54)58(44-30-26-39(27-31-44)37-14-6-3-7-15-37)45-32-28-40(29-33-45)38-22-24-43(25-23-38)53-56-51(41-16-8-4-9-17-41)55-52(57-53)42-18-10-5-11-19-42/h3-36H,1-2H3. The van der Waals surface area contributed by atoms with Crippen LogP contribution in [0.2, 0.25) is 0 Å². The average Bonchev–Trinajstić information content (AvgIpc) is 3.53. The van der Waals surface area contributed by atoms with Crippen molar-refractivity contribution in [3.05, 3.63) is 217 Å². The third-order valence-electron chi connectivity index (χ3n) is 11.4. The molecule has 0 saturated heterocycles. The topological polar surface area (TPSA) is 41.9 Å². The Morgan fingerprint density at radius 1 is 0.310 bits per heavy atom. The number of hydrogen-bond acceptors (Lipinski definition) is 4. The molecule has 0 spiro atoms. The highest BCUT2D eigenvalue weighted by Crippen LogP contribution is 2.50. The molecule has 276 valence electrons. The van der Waals surface area contributed by atoms with Crippen LogP contribution in [-0.2, 0) is 5.41 Å². The SMILES string of the molecule is CC1(C)c2ccccc2-c2ccc(N(c3ccc(-c4ccccc4)cc3)c3ccc(-c4ccc(-c5nc(-c6ccccc6)nc(-c6ccccc6)n5)cc4)cc3)cc21. The number of rotatable bonds is 8. The molecule has 0 radical (unpaired) electrons. The van der Waals surface area contributed by atoms with Crippen molar-refractivity contribution >= 4 is 17.1 Å². The van der Waals surface area contributed by atoms with E-state index in [0.717, 1.165) is 44.9 Å². The highest BCUT2D eigenvalue weighted by molar-refractivity contribution is 5.86. The highest BCUT2D eigenvalue weighted by Gasteiger charge is 2.35. The van der Waals surface area contributed by atoms with Crippen LogP contribution in [0.25, 0.3) is 67.5 Å². The monoisotopic (exact) mass is 744 g/mol. The molecule has 10 rings (SSSR count). The molecule has 0 atom stereocenters. The van der Waals surface area contributed by atoms with Crippen LogP contribution < -0.4 is 4.90 Å². The zero-order chi connectivity index (χ0) is 39.1. The molecule has 9 aromatic rings. The molecule has 0 amide bonds. The number of nitrogens with zero attached hydrogens (tertiary/aromatic N) is 4. The average molecular weight is 745 g/mol. The van der Waals surface area contributed by atoms with Gasteiger partial charge < -0.3 is 4.90 Å². The second kappa shape index (κ2) is 14.6. The van der Waals surface area contributed by atoms with E-state index in [1.165, 1.54) is 33.4 Å². The van der Waals surface area contributed by atoms with Crippen molar-refractivity contribution in [3.63, 3.8) is 0 Å². The maximum atomic E-state index is 4.93. The zero-order valence-electron chi connectivity index (χ0n) is 32.4. The summed E-state index contributed by atoms with van der Waals surface area (Å²) in [5.74, 6) is 1.95. The Bertz CT molecular complexity index is 2810. The molecule has 1 aliphatic carbocycles. The Morgan fingerprint density at radius 3 is 1.16 bits per heavy atom. The van der Waals surface area contributed by atoms with Gasteiger partial charge in [-0.05, 0) is 80.9 Å². The van der Waals surface area contributed by atoms with Crippen molar-refractivity contribution in [2.45, 2.75) is 19.3 Å². The molecule has 1 aromatic heterocycles. The summed E-state index contributed by atoms with van der Waals surface area (Å²) in [6.45, 7) is 4.68. The van der Waals surface area contributed by atoms with Gasteiger partial charge in [0.15, 0.2) is 17.5 Å². The number of benzene rings is 8. The number of fused-ring (bicyclic) bond motifs is 3. The quantitative estimate of drug-likeness (QED) is 0.155. The fourth-order valence-electron chi connectivity index (χ4n) is 8.26. The van der Waals surface area contributed by atoms with Gasteiger partial charge in [-0.25, -0.2) is 15.0 Å². The summed E-state index contributed by atoms with van der Waals surface area (Å²) in [6.07, 6.45) is 0. The smallest absolute Gasteiger partial charge is 0.164 e. The zero-order valence-corrected chi connectivity index (χ0v) is 32.4. The van der Waals surface area contributed by atoms with Crippen LogP contribution in [0, 0.1) is 0 Å². The molecule has 0 saturated carbocycles. The van der Waals surface area contributed by atoms with Crippen molar-refractivity contribution < 1.29 is 0 Å². The van der Waals surface area contributed by atoms with E-state index < -0.39 is 0 Å². The molecule has 4 heteroatoms. The van der Waals surface area contributed by atoms with E-state index in [1.54, 1.807) is 0 Å². The van der Waals surface area contributed by atoms with Gasteiger partial charge in [0.05, 0.1) is 0 Å². The fraction of sp³-hybridized carbons (Fsp3) is 0.0556. The van der Waals surface area contributed by atoms with Gasteiger partial charge in [0.2, 0.25) is 0 Å². The first-order valence-corrected chi connectivity index (χ1v) is 19.8. The summed E-state index contributed by atoms with van der Waals surface area (Å²) in [5.41, 5.74) is 16.1. The summed E-state index contributed by atoms with van der Waals surface area (Å²) in [6, 6.07) is 72.8. The Balaban J connectivity index is 0.996. The van der Waals surface area contributed by atoms with Gasteiger partial charge >= 0.3 is 0 Å². The van der Waals surface area contributed by atoms with Gasteiger partial charge in [-0.2, -0.15) is 0 Å². The van der Waals surface area contributed by atoms with Gasteiger partial charge in [-0.3, -0.25) is 0 Å². The molecular formula is C54H40N4. The minimum absolute atomic E-state index is 0.103. The van der Waals surface area contributed by atoms with Gasteiger partial charge in [0.1, 0.15) is 0 Å². The maximum absolute atomic E-state index is 4.93. The first kappa shape index (κ1) is 35.0. The summed E-state index contributed by atoms with van der Waals surface area (Å²) in [4.78, 5) is 17.1. The lowest BCUT2D eigenvalue weighted by Crippen LogP contribution is -2.16. The molecule has 58 heavy (non-hydrogen) atoms. The number of anilines is 3. The predicted octanol–water partition coefficient (Wildman–Crippen LogP) is 14.0. The molecular weight excluding hydrogens is 705 g/mol. The van der Waals surface area contributed by atoms with Crippen molar-refractivity contribution in [2.75, 3.05) is 4.90 Å². The van der Waals surface area contributed by atoms with Crippen molar-refractivity contribution in [3.8, 4) is 67.5 Å². The predicted molar refractivity (Wildman–Crippen MR) is 239 cm³/mol.